The summed E-state index contributed by atoms with van der Waals surface area (Å²) in [6.45, 7) is 6.90. The lowest BCUT2D eigenvalue weighted by Crippen LogP contribution is -2.14. The average Bonchev–Trinajstić information content (AvgIpc) is 2.73. The summed E-state index contributed by atoms with van der Waals surface area (Å²) < 4.78 is 0. The molecular weight excluding hydrogens is 352 g/mol. The van der Waals surface area contributed by atoms with Gasteiger partial charge in [0.2, 0.25) is 0 Å². The number of benzene rings is 1. The van der Waals surface area contributed by atoms with Gasteiger partial charge in [0.25, 0.3) is 0 Å². The molecular formula is C28H50O. The molecule has 1 heteroatoms. The Bertz CT molecular complexity index is 481. The molecule has 1 rings (SSSR count). The molecule has 29 heavy (non-hydrogen) atoms. The standard InChI is InChI=1S/C28H50O/c1-4-7-9-11-12-13-14-15-17-22-26(27-23-18-19-24-28(27)29)25(20-6-3)21-16-10-8-5-2/h18-19,23-26,29H,4-17,20-22H2,1-3H3. The third-order valence-corrected chi connectivity index (χ3v) is 6.61. The van der Waals surface area contributed by atoms with E-state index in [1.807, 2.05) is 12.1 Å². The number of phenolic OH excluding ortho intramolecular Hbond substituents is 1. The van der Waals surface area contributed by atoms with Crippen LogP contribution in [0, 0.1) is 5.92 Å². The predicted octanol–water partition coefficient (Wildman–Crippen LogP) is 9.78. The smallest absolute Gasteiger partial charge is 0.119 e. The average molecular weight is 403 g/mol. The maximum absolute atomic E-state index is 10.6. The van der Waals surface area contributed by atoms with Crippen LogP contribution in [0.15, 0.2) is 24.3 Å². The number of phenols is 1. The molecule has 2 unspecified atom stereocenters. The van der Waals surface area contributed by atoms with Gasteiger partial charge in [-0.2, -0.15) is 0 Å². The van der Waals surface area contributed by atoms with Crippen LogP contribution in [-0.2, 0) is 0 Å². The van der Waals surface area contributed by atoms with Gasteiger partial charge < -0.3 is 5.11 Å². The van der Waals surface area contributed by atoms with Crippen molar-refractivity contribution in [3.05, 3.63) is 29.8 Å². The Morgan fingerprint density at radius 1 is 0.586 bits per heavy atom. The van der Waals surface area contributed by atoms with E-state index in [4.69, 9.17) is 0 Å². The molecule has 0 aliphatic carbocycles. The van der Waals surface area contributed by atoms with Gasteiger partial charge in [-0.15, -0.1) is 0 Å². The molecule has 0 aromatic heterocycles. The molecule has 0 radical (unpaired) electrons. The summed E-state index contributed by atoms with van der Waals surface area (Å²) in [6, 6.07) is 8.14. The van der Waals surface area contributed by atoms with Crippen LogP contribution in [0.25, 0.3) is 0 Å². The zero-order chi connectivity index (χ0) is 21.2. The number of aromatic hydroxyl groups is 1. The molecule has 1 nitrogen and oxygen atoms in total. The van der Waals surface area contributed by atoms with Gasteiger partial charge in [0.1, 0.15) is 5.75 Å². The Balaban J connectivity index is 2.55. The number of rotatable bonds is 19. The Kier molecular flexibility index (Phi) is 16.0. The van der Waals surface area contributed by atoms with Gasteiger partial charge in [-0.05, 0) is 36.3 Å². The second kappa shape index (κ2) is 17.8. The highest BCUT2D eigenvalue weighted by molar-refractivity contribution is 5.35. The van der Waals surface area contributed by atoms with Crippen molar-refractivity contribution in [1.82, 2.24) is 0 Å². The first-order valence-electron chi connectivity index (χ1n) is 13.0. The van der Waals surface area contributed by atoms with E-state index in [0.717, 1.165) is 5.92 Å². The molecule has 0 heterocycles. The van der Waals surface area contributed by atoms with Crippen LogP contribution in [0.1, 0.15) is 141 Å². The van der Waals surface area contributed by atoms with E-state index in [0.29, 0.717) is 11.7 Å². The second-order valence-corrected chi connectivity index (χ2v) is 9.18. The minimum absolute atomic E-state index is 0.517. The summed E-state index contributed by atoms with van der Waals surface area (Å²) in [5.74, 6) is 1.77. The van der Waals surface area contributed by atoms with Gasteiger partial charge in [-0.3, -0.25) is 0 Å². The number of para-hydroxylation sites is 1. The van der Waals surface area contributed by atoms with Crippen molar-refractivity contribution in [2.24, 2.45) is 5.92 Å². The quantitative estimate of drug-likeness (QED) is 0.228. The maximum atomic E-state index is 10.6. The third-order valence-electron chi connectivity index (χ3n) is 6.61. The van der Waals surface area contributed by atoms with Crippen molar-refractivity contribution in [3.63, 3.8) is 0 Å². The fourth-order valence-electron chi connectivity index (χ4n) is 4.87. The van der Waals surface area contributed by atoms with Crippen molar-refractivity contribution < 1.29 is 5.11 Å². The van der Waals surface area contributed by atoms with Gasteiger partial charge >= 0.3 is 0 Å². The van der Waals surface area contributed by atoms with Crippen molar-refractivity contribution in [3.8, 4) is 5.75 Å². The van der Waals surface area contributed by atoms with E-state index >= 15 is 0 Å². The summed E-state index contributed by atoms with van der Waals surface area (Å²) in [5.41, 5.74) is 1.21. The van der Waals surface area contributed by atoms with E-state index in [1.165, 1.54) is 115 Å². The highest BCUT2D eigenvalue weighted by Crippen LogP contribution is 2.40. The molecule has 0 saturated carbocycles. The summed E-state index contributed by atoms with van der Waals surface area (Å²) in [5, 5.41) is 10.6. The summed E-state index contributed by atoms with van der Waals surface area (Å²) in [6.07, 6.45) is 22.9. The molecule has 168 valence electrons. The van der Waals surface area contributed by atoms with Gasteiger partial charge in [0, 0.05) is 0 Å². The molecule has 1 aromatic carbocycles. The normalized spacial score (nSPS) is 13.5. The molecule has 0 aliphatic heterocycles. The maximum Gasteiger partial charge on any atom is 0.119 e. The monoisotopic (exact) mass is 402 g/mol. The summed E-state index contributed by atoms with van der Waals surface area (Å²) >= 11 is 0. The van der Waals surface area contributed by atoms with E-state index in [1.54, 1.807) is 0 Å². The minimum atomic E-state index is 0.517. The highest BCUT2D eigenvalue weighted by atomic mass is 16.3. The highest BCUT2D eigenvalue weighted by Gasteiger charge is 2.24. The lowest BCUT2D eigenvalue weighted by molar-refractivity contribution is 0.322. The first-order valence-corrected chi connectivity index (χ1v) is 13.0. The van der Waals surface area contributed by atoms with Gasteiger partial charge in [0.05, 0.1) is 0 Å². The minimum Gasteiger partial charge on any atom is -0.508 e. The first-order chi connectivity index (χ1) is 14.2. The number of unbranched alkanes of at least 4 members (excludes halogenated alkanes) is 11. The predicted molar refractivity (Wildman–Crippen MR) is 130 cm³/mol. The van der Waals surface area contributed by atoms with Gasteiger partial charge in [-0.1, -0.05) is 135 Å². The molecule has 0 saturated heterocycles. The first kappa shape index (κ1) is 26.1. The Morgan fingerprint density at radius 3 is 1.69 bits per heavy atom. The van der Waals surface area contributed by atoms with Crippen LogP contribution in [-0.4, -0.2) is 5.11 Å². The van der Waals surface area contributed by atoms with E-state index < -0.39 is 0 Å². The fourth-order valence-corrected chi connectivity index (χ4v) is 4.87. The Morgan fingerprint density at radius 2 is 1.10 bits per heavy atom. The SMILES string of the molecule is CCCCCCCCCCCC(c1ccccc1O)C(CCC)CCCCCC. The number of hydrogen-bond acceptors (Lipinski definition) is 1. The van der Waals surface area contributed by atoms with Crippen LogP contribution in [0.3, 0.4) is 0 Å². The molecule has 1 aromatic rings. The van der Waals surface area contributed by atoms with Crippen molar-refractivity contribution in [2.45, 2.75) is 136 Å². The Labute approximate surface area is 182 Å². The number of hydrogen-bond donors (Lipinski definition) is 1. The van der Waals surface area contributed by atoms with E-state index in [2.05, 4.69) is 32.9 Å². The molecule has 0 amide bonds. The zero-order valence-corrected chi connectivity index (χ0v) is 19.9. The molecule has 0 aliphatic rings. The molecule has 0 spiro atoms. The summed E-state index contributed by atoms with van der Waals surface area (Å²) in [4.78, 5) is 0. The van der Waals surface area contributed by atoms with Crippen LogP contribution >= 0.6 is 0 Å². The van der Waals surface area contributed by atoms with Crippen molar-refractivity contribution in [2.75, 3.05) is 0 Å². The van der Waals surface area contributed by atoms with Crippen LogP contribution in [0.4, 0.5) is 0 Å². The lowest BCUT2D eigenvalue weighted by Gasteiger charge is -2.28. The fraction of sp³-hybridized carbons (Fsp3) is 0.786. The molecule has 0 bridgehead atoms. The van der Waals surface area contributed by atoms with Crippen LogP contribution < -0.4 is 0 Å². The van der Waals surface area contributed by atoms with Gasteiger partial charge in [0.15, 0.2) is 0 Å². The second-order valence-electron chi connectivity index (χ2n) is 9.18. The van der Waals surface area contributed by atoms with E-state index in [-0.39, 0.29) is 0 Å². The molecule has 0 fully saturated rings. The molecule has 1 N–H and O–H groups in total. The third kappa shape index (κ3) is 11.7. The molecule has 2 atom stereocenters. The van der Waals surface area contributed by atoms with Crippen molar-refractivity contribution in [1.29, 1.82) is 0 Å². The van der Waals surface area contributed by atoms with Crippen molar-refractivity contribution >= 4 is 0 Å². The summed E-state index contributed by atoms with van der Waals surface area (Å²) in [7, 11) is 0. The van der Waals surface area contributed by atoms with Crippen LogP contribution in [0.5, 0.6) is 5.75 Å². The van der Waals surface area contributed by atoms with Gasteiger partial charge in [-0.25, -0.2) is 0 Å². The largest absolute Gasteiger partial charge is 0.508 e. The topological polar surface area (TPSA) is 20.2 Å². The van der Waals surface area contributed by atoms with E-state index in [9.17, 15) is 5.11 Å². The lowest BCUT2D eigenvalue weighted by atomic mass is 9.77. The zero-order valence-electron chi connectivity index (χ0n) is 19.9. The van der Waals surface area contributed by atoms with Crippen LogP contribution in [0.2, 0.25) is 0 Å². The Hall–Kier alpha value is -0.980.